The summed E-state index contributed by atoms with van der Waals surface area (Å²) in [7, 11) is 0. The minimum atomic E-state index is -0.835. The van der Waals surface area contributed by atoms with E-state index in [2.05, 4.69) is 5.32 Å². The fraction of sp³-hybridized carbons (Fsp3) is 0.846. The van der Waals surface area contributed by atoms with Crippen molar-refractivity contribution in [1.82, 2.24) is 10.2 Å². The summed E-state index contributed by atoms with van der Waals surface area (Å²) in [6, 6.07) is 0. The maximum atomic E-state index is 12.1. The van der Waals surface area contributed by atoms with Gasteiger partial charge < -0.3 is 15.3 Å². The van der Waals surface area contributed by atoms with E-state index in [-0.39, 0.29) is 18.4 Å². The molecule has 1 rings (SSSR count). The molecule has 2 N–H and O–H groups in total. The van der Waals surface area contributed by atoms with Crippen LogP contribution in [0.4, 0.5) is 0 Å². The minimum absolute atomic E-state index is 0.00416. The summed E-state index contributed by atoms with van der Waals surface area (Å²) in [4.78, 5) is 24.4. The lowest BCUT2D eigenvalue weighted by Gasteiger charge is -2.34. The van der Waals surface area contributed by atoms with E-state index in [1.54, 1.807) is 0 Å². The lowest BCUT2D eigenvalue weighted by Crippen LogP contribution is -2.45. The normalized spacial score (nSPS) is 21.7. The molecule has 5 nitrogen and oxygen atoms in total. The Morgan fingerprint density at radius 2 is 2.22 bits per heavy atom. The van der Waals surface area contributed by atoms with Gasteiger partial charge in [0.15, 0.2) is 0 Å². The summed E-state index contributed by atoms with van der Waals surface area (Å²) in [6.07, 6.45) is 2.95. The number of nitrogens with zero attached hydrogens (tertiary/aromatic N) is 1. The molecule has 1 aliphatic rings. The summed E-state index contributed by atoms with van der Waals surface area (Å²) in [6.45, 7) is 6.27. The van der Waals surface area contributed by atoms with Gasteiger partial charge in [0.05, 0.1) is 6.54 Å². The molecule has 1 aliphatic heterocycles. The van der Waals surface area contributed by atoms with E-state index in [1.165, 1.54) is 0 Å². The first-order valence-electron chi connectivity index (χ1n) is 6.75. The van der Waals surface area contributed by atoms with Gasteiger partial charge in [-0.2, -0.15) is 0 Å². The number of amides is 1. The monoisotopic (exact) mass is 256 g/mol. The molecule has 0 aromatic rings. The molecule has 0 radical (unpaired) electrons. The maximum absolute atomic E-state index is 12.1. The van der Waals surface area contributed by atoms with Gasteiger partial charge >= 0.3 is 5.97 Å². The zero-order valence-electron chi connectivity index (χ0n) is 11.3. The summed E-state index contributed by atoms with van der Waals surface area (Å²) in [5.74, 6) is -0.124. The number of aliphatic carboxylic acids is 1. The molecule has 0 aliphatic carbocycles. The molecule has 0 aromatic heterocycles. The largest absolute Gasteiger partial charge is 0.480 e. The second-order valence-corrected chi connectivity index (χ2v) is 5.13. The molecule has 2 unspecified atom stereocenters. The third-order valence-corrected chi connectivity index (χ3v) is 3.57. The second kappa shape index (κ2) is 7.36. The highest BCUT2D eigenvalue weighted by Gasteiger charge is 2.25. The quantitative estimate of drug-likeness (QED) is 0.742. The van der Waals surface area contributed by atoms with Crippen molar-refractivity contribution in [2.24, 2.45) is 11.8 Å². The standard InChI is InChI=1S/C13H24N2O3/c1-3-10(2)13(18)15-6-4-5-11(9-15)7-14-8-12(16)17/h10-11,14H,3-9H2,1-2H3,(H,16,17). The Labute approximate surface area is 109 Å². The number of carboxylic acids is 1. The van der Waals surface area contributed by atoms with Crippen molar-refractivity contribution >= 4 is 11.9 Å². The van der Waals surface area contributed by atoms with Crippen LogP contribution in [-0.2, 0) is 9.59 Å². The van der Waals surface area contributed by atoms with Crippen LogP contribution in [-0.4, -0.2) is 48.1 Å². The smallest absolute Gasteiger partial charge is 0.317 e. The molecule has 18 heavy (non-hydrogen) atoms. The molecule has 0 saturated carbocycles. The molecule has 0 bridgehead atoms. The van der Waals surface area contributed by atoms with Crippen LogP contribution in [0.25, 0.3) is 0 Å². The van der Waals surface area contributed by atoms with Crippen molar-refractivity contribution in [2.45, 2.75) is 33.1 Å². The highest BCUT2D eigenvalue weighted by Crippen LogP contribution is 2.18. The zero-order valence-corrected chi connectivity index (χ0v) is 11.3. The average molecular weight is 256 g/mol. The van der Waals surface area contributed by atoms with Gasteiger partial charge in [0.1, 0.15) is 0 Å². The molecule has 0 spiro atoms. The van der Waals surface area contributed by atoms with Gasteiger partial charge in [0, 0.05) is 25.6 Å². The SMILES string of the molecule is CCC(C)C(=O)N1CCCC(CNCC(=O)O)C1. The predicted molar refractivity (Wildman–Crippen MR) is 69.3 cm³/mol. The van der Waals surface area contributed by atoms with Gasteiger partial charge in [0.25, 0.3) is 0 Å². The predicted octanol–water partition coefficient (Wildman–Crippen LogP) is 0.945. The van der Waals surface area contributed by atoms with Crippen LogP contribution >= 0.6 is 0 Å². The summed E-state index contributed by atoms with van der Waals surface area (Å²) < 4.78 is 0. The summed E-state index contributed by atoms with van der Waals surface area (Å²) in [5, 5.41) is 11.5. The van der Waals surface area contributed by atoms with Gasteiger partial charge in [0.2, 0.25) is 5.91 Å². The number of carboxylic acid groups (broad SMARTS) is 1. The third-order valence-electron chi connectivity index (χ3n) is 3.57. The first kappa shape index (κ1) is 15.0. The van der Waals surface area contributed by atoms with Gasteiger partial charge in [-0.15, -0.1) is 0 Å². The Kier molecular flexibility index (Phi) is 6.12. The van der Waals surface area contributed by atoms with E-state index in [1.807, 2.05) is 18.7 Å². The van der Waals surface area contributed by atoms with Crippen molar-refractivity contribution in [3.05, 3.63) is 0 Å². The Hall–Kier alpha value is -1.10. The van der Waals surface area contributed by atoms with Crippen molar-refractivity contribution in [2.75, 3.05) is 26.2 Å². The lowest BCUT2D eigenvalue weighted by atomic mass is 9.96. The Bertz CT molecular complexity index is 294. The Morgan fingerprint density at radius 1 is 1.50 bits per heavy atom. The molecule has 1 fully saturated rings. The van der Waals surface area contributed by atoms with Crippen LogP contribution in [0, 0.1) is 11.8 Å². The number of carbonyl (C=O) groups excluding carboxylic acids is 1. The maximum Gasteiger partial charge on any atom is 0.317 e. The van der Waals surface area contributed by atoms with Crippen LogP contribution in [0.1, 0.15) is 33.1 Å². The van der Waals surface area contributed by atoms with Gasteiger partial charge in [-0.1, -0.05) is 13.8 Å². The van der Waals surface area contributed by atoms with E-state index >= 15 is 0 Å². The molecule has 1 amide bonds. The average Bonchev–Trinajstić information content (AvgIpc) is 2.37. The summed E-state index contributed by atoms with van der Waals surface area (Å²) in [5.41, 5.74) is 0. The molecule has 1 saturated heterocycles. The van der Waals surface area contributed by atoms with Crippen LogP contribution < -0.4 is 5.32 Å². The van der Waals surface area contributed by atoms with Gasteiger partial charge in [-0.3, -0.25) is 9.59 Å². The highest BCUT2D eigenvalue weighted by atomic mass is 16.4. The number of nitrogens with one attached hydrogen (secondary N) is 1. The van der Waals surface area contributed by atoms with Crippen LogP contribution in [0.15, 0.2) is 0 Å². The molecule has 1 heterocycles. The van der Waals surface area contributed by atoms with E-state index in [0.717, 1.165) is 32.4 Å². The third kappa shape index (κ3) is 4.64. The van der Waals surface area contributed by atoms with Crippen LogP contribution in [0.5, 0.6) is 0 Å². The minimum Gasteiger partial charge on any atom is -0.480 e. The molecule has 5 heteroatoms. The van der Waals surface area contributed by atoms with E-state index in [9.17, 15) is 9.59 Å². The summed E-state index contributed by atoms with van der Waals surface area (Å²) >= 11 is 0. The van der Waals surface area contributed by atoms with Crippen molar-refractivity contribution in [3.63, 3.8) is 0 Å². The molecular weight excluding hydrogens is 232 g/mol. The lowest BCUT2D eigenvalue weighted by molar-refractivity contribution is -0.138. The fourth-order valence-electron chi connectivity index (χ4n) is 2.30. The first-order chi connectivity index (χ1) is 8.54. The second-order valence-electron chi connectivity index (χ2n) is 5.13. The highest BCUT2D eigenvalue weighted by molar-refractivity contribution is 5.78. The van der Waals surface area contributed by atoms with E-state index in [4.69, 9.17) is 5.11 Å². The van der Waals surface area contributed by atoms with Crippen molar-refractivity contribution in [1.29, 1.82) is 0 Å². The number of piperidine rings is 1. The van der Waals surface area contributed by atoms with Crippen molar-refractivity contribution in [3.8, 4) is 0 Å². The van der Waals surface area contributed by atoms with Gasteiger partial charge in [-0.05, 0) is 25.2 Å². The first-order valence-corrected chi connectivity index (χ1v) is 6.75. The van der Waals surface area contributed by atoms with Crippen molar-refractivity contribution < 1.29 is 14.7 Å². The number of likely N-dealkylation sites (tertiary alicyclic amines) is 1. The molecule has 2 atom stereocenters. The fourth-order valence-corrected chi connectivity index (χ4v) is 2.30. The van der Waals surface area contributed by atoms with Gasteiger partial charge in [-0.25, -0.2) is 0 Å². The Morgan fingerprint density at radius 3 is 2.83 bits per heavy atom. The number of carbonyl (C=O) groups is 2. The van der Waals surface area contributed by atoms with Crippen LogP contribution in [0.3, 0.4) is 0 Å². The molecular formula is C13H24N2O3. The topological polar surface area (TPSA) is 69.6 Å². The Balaban J connectivity index is 2.36. The zero-order chi connectivity index (χ0) is 13.5. The number of hydrogen-bond acceptors (Lipinski definition) is 3. The number of hydrogen-bond donors (Lipinski definition) is 2. The van der Waals surface area contributed by atoms with Crippen LogP contribution in [0.2, 0.25) is 0 Å². The van der Waals surface area contributed by atoms with E-state index < -0.39 is 5.97 Å². The van der Waals surface area contributed by atoms with E-state index in [0.29, 0.717) is 12.5 Å². The molecule has 104 valence electrons. The number of rotatable bonds is 6. The molecule has 0 aromatic carbocycles.